The molecule has 0 fully saturated rings. The number of hydrogen-bond acceptors (Lipinski definition) is 4. The monoisotopic (exact) mass is 182 g/mol. The predicted octanol–water partition coefficient (Wildman–Crippen LogP) is -0.354. The number of nitrogens with zero attached hydrogens (tertiary/aromatic N) is 1. The Labute approximate surface area is 76.9 Å². The molecule has 0 aliphatic rings. The minimum atomic E-state index is -0.393. The molecule has 1 aromatic rings. The van der Waals surface area contributed by atoms with E-state index in [4.69, 9.17) is 0 Å². The summed E-state index contributed by atoms with van der Waals surface area (Å²) in [5, 5.41) is 2.92. The van der Waals surface area contributed by atoms with E-state index in [0.717, 1.165) is 19.5 Å². The van der Waals surface area contributed by atoms with Gasteiger partial charge in [-0.25, -0.2) is 0 Å². The summed E-state index contributed by atoms with van der Waals surface area (Å²) in [6, 6.07) is 1.35. The zero-order valence-corrected chi connectivity index (χ0v) is 7.96. The molecule has 1 rings (SSSR count). The van der Waals surface area contributed by atoms with Gasteiger partial charge >= 0.3 is 0 Å². The van der Waals surface area contributed by atoms with Gasteiger partial charge in [-0.1, -0.05) is 0 Å². The largest absolute Gasteiger partial charge is 0.382 e. The van der Waals surface area contributed by atoms with E-state index in [-0.39, 0.29) is 5.43 Å². The lowest BCUT2D eigenvalue weighted by atomic mass is 10.2. The average Bonchev–Trinajstić information content (AvgIpc) is 2.09. The third kappa shape index (κ3) is 2.66. The second-order valence-electron chi connectivity index (χ2n) is 3.33. The lowest BCUT2D eigenvalue weighted by Crippen LogP contribution is -2.33. The van der Waals surface area contributed by atoms with Crippen LogP contribution in [0.25, 0.3) is 0 Å². The van der Waals surface area contributed by atoms with E-state index in [1.54, 1.807) is 0 Å². The van der Waals surface area contributed by atoms with Gasteiger partial charge in [-0.2, -0.15) is 0 Å². The maximum atomic E-state index is 10.8. The molecule has 0 unspecified atom stereocenters. The molecule has 0 aromatic heterocycles. The third-order valence-electron chi connectivity index (χ3n) is 1.84. The van der Waals surface area contributed by atoms with Crippen LogP contribution in [-0.4, -0.2) is 32.1 Å². The molecule has 0 amide bonds. The van der Waals surface area contributed by atoms with Gasteiger partial charge in [0.15, 0.2) is 0 Å². The topological polar surface area (TPSA) is 49.4 Å². The first-order valence-electron chi connectivity index (χ1n) is 4.30. The third-order valence-corrected chi connectivity index (χ3v) is 1.84. The Morgan fingerprint density at radius 3 is 2.54 bits per heavy atom. The summed E-state index contributed by atoms with van der Waals surface area (Å²) in [7, 11) is 3.99. The zero-order chi connectivity index (χ0) is 9.84. The molecule has 0 bridgehead atoms. The zero-order valence-electron chi connectivity index (χ0n) is 7.96. The van der Waals surface area contributed by atoms with Gasteiger partial charge in [0.1, 0.15) is 0 Å². The molecular formula is C9H14N2O2. The number of hydrogen-bond donors (Lipinski definition) is 1. The molecule has 4 nitrogen and oxygen atoms in total. The lowest BCUT2D eigenvalue weighted by molar-refractivity contribution is 0.405. The van der Waals surface area contributed by atoms with Crippen molar-refractivity contribution in [1.82, 2.24) is 4.90 Å². The SMILES string of the molecule is CN(C)CCCNc1cc(=O)c1=O. The van der Waals surface area contributed by atoms with Crippen molar-refractivity contribution in [1.29, 1.82) is 0 Å². The Balaban J connectivity index is 2.19. The van der Waals surface area contributed by atoms with Gasteiger partial charge in [0.25, 0.3) is 0 Å². The Hall–Kier alpha value is -1.16. The van der Waals surface area contributed by atoms with E-state index in [1.807, 2.05) is 14.1 Å². The maximum Gasteiger partial charge on any atom is 0.248 e. The van der Waals surface area contributed by atoms with E-state index in [1.165, 1.54) is 6.07 Å². The van der Waals surface area contributed by atoms with Crippen LogP contribution in [0.1, 0.15) is 6.42 Å². The first-order valence-corrected chi connectivity index (χ1v) is 4.30. The van der Waals surface area contributed by atoms with E-state index in [9.17, 15) is 9.59 Å². The van der Waals surface area contributed by atoms with Gasteiger partial charge in [0, 0.05) is 12.6 Å². The van der Waals surface area contributed by atoms with Crippen LogP contribution in [0.5, 0.6) is 0 Å². The summed E-state index contributed by atoms with van der Waals surface area (Å²) in [5.41, 5.74) is -0.316. The molecule has 1 aromatic carbocycles. The van der Waals surface area contributed by atoms with Crippen LogP contribution in [0, 0.1) is 0 Å². The molecule has 0 saturated heterocycles. The van der Waals surface area contributed by atoms with Crippen molar-refractivity contribution < 1.29 is 0 Å². The average molecular weight is 182 g/mol. The second kappa shape index (κ2) is 4.18. The van der Waals surface area contributed by atoms with Crippen LogP contribution in [0.15, 0.2) is 15.7 Å². The van der Waals surface area contributed by atoms with Gasteiger partial charge in [0.05, 0.1) is 5.69 Å². The number of anilines is 1. The predicted molar refractivity (Wildman–Crippen MR) is 53.0 cm³/mol. The Kier molecular flexibility index (Phi) is 3.19. The molecule has 13 heavy (non-hydrogen) atoms. The Morgan fingerprint density at radius 1 is 1.38 bits per heavy atom. The minimum absolute atomic E-state index is 0.384. The van der Waals surface area contributed by atoms with Gasteiger partial charge in [0.2, 0.25) is 10.9 Å². The van der Waals surface area contributed by atoms with E-state index in [0.29, 0.717) is 5.69 Å². The van der Waals surface area contributed by atoms with Crippen LogP contribution >= 0.6 is 0 Å². The Bertz CT molecular complexity index is 337. The number of nitrogens with one attached hydrogen (secondary N) is 1. The fourth-order valence-corrected chi connectivity index (χ4v) is 1.07. The highest BCUT2D eigenvalue weighted by atomic mass is 16.2. The van der Waals surface area contributed by atoms with Crippen molar-refractivity contribution in [2.45, 2.75) is 6.42 Å². The first kappa shape index (κ1) is 9.92. The van der Waals surface area contributed by atoms with Gasteiger partial charge < -0.3 is 10.2 Å². The van der Waals surface area contributed by atoms with Crippen LogP contribution < -0.4 is 16.2 Å². The fraction of sp³-hybridized carbons (Fsp3) is 0.556. The molecule has 0 atom stereocenters. The molecule has 72 valence electrons. The molecule has 0 aliphatic carbocycles. The summed E-state index contributed by atoms with van der Waals surface area (Å²) >= 11 is 0. The van der Waals surface area contributed by atoms with Gasteiger partial charge in [-0.3, -0.25) is 9.59 Å². The summed E-state index contributed by atoms with van der Waals surface area (Å²) < 4.78 is 0. The van der Waals surface area contributed by atoms with Crippen molar-refractivity contribution in [3.8, 4) is 0 Å². The van der Waals surface area contributed by atoms with Crippen molar-refractivity contribution >= 4 is 5.69 Å². The summed E-state index contributed by atoms with van der Waals surface area (Å²) in [6.07, 6.45) is 0.964. The molecule has 0 saturated carbocycles. The highest BCUT2D eigenvalue weighted by Crippen LogP contribution is 1.95. The van der Waals surface area contributed by atoms with E-state index in [2.05, 4.69) is 10.2 Å². The Morgan fingerprint density at radius 2 is 2.08 bits per heavy atom. The molecule has 1 N–H and O–H groups in total. The molecular weight excluding hydrogens is 168 g/mol. The molecule has 0 spiro atoms. The molecule has 0 radical (unpaired) electrons. The quantitative estimate of drug-likeness (QED) is 0.499. The van der Waals surface area contributed by atoms with Crippen molar-refractivity contribution in [2.24, 2.45) is 0 Å². The molecule has 0 heterocycles. The smallest absolute Gasteiger partial charge is 0.248 e. The van der Waals surface area contributed by atoms with Crippen LogP contribution in [0.2, 0.25) is 0 Å². The summed E-state index contributed by atoms with van der Waals surface area (Å²) in [6.45, 7) is 1.71. The van der Waals surface area contributed by atoms with Crippen molar-refractivity contribution in [2.75, 3.05) is 32.5 Å². The van der Waals surface area contributed by atoms with Crippen molar-refractivity contribution in [3.05, 3.63) is 26.5 Å². The normalized spacial score (nSPS) is 11.0. The number of rotatable bonds is 5. The van der Waals surface area contributed by atoms with E-state index >= 15 is 0 Å². The van der Waals surface area contributed by atoms with Gasteiger partial charge in [-0.15, -0.1) is 0 Å². The van der Waals surface area contributed by atoms with E-state index < -0.39 is 5.43 Å². The van der Waals surface area contributed by atoms with Crippen LogP contribution in [0.3, 0.4) is 0 Å². The maximum absolute atomic E-state index is 10.8. The lowest BCUT2D eigenvalue weighted by Gasteiger charge is -2.10. The second-order valence-corrected chi connectivity index (χ2v) is 3.33. The highest BCUT2D eigenvalue weighted by Gasteiger charge is 2.07. The molecule has 0 aliphatic heterocycles. The highest BCUT2D eigenvalue weighted by molar-refractivity contribution is 5.46. The van der Waals surface area contributed by atoms with Crippen LogP contribution in [0.4, 0.5) is 5.69 Å². The molecule has 4 heteroatoms. The van der Waals surface area contributed by atoms with Gasteiger partial charge in [-0.05, 0) is 27.1 Å². The summed E-state index contributed by atoms with van der Waals surface area (Å²) in [5.74, 6) is 0. The first-order chi connectivity index (χ1) is 6.11. The van der Waals surface area contributed by atoms with Crippen molar-refractivity contribution in [3.63, 3.8) is 0 Å². The minimum Gasteiger partial charge on any atom is -0.382 e. The van der Waals surface area contributed by atoms with Crippen LogP contribution in [-0.2, 0) is 0 Å². The fourth-order valence-electron chi connectivity index (χ4n) is 1.07. The summed E-state index contributed by atoms with van der Waals surface area (Å²) in [4.78, 5) is 23.4. The standard InChI is InChI=1S/C9H14N2O2/c1-11(2)5-3-4-10-7-6-8(12)9(7)13/h6,10H,3-5H2,1-2H3.